The van der Waals surface area contributed by atoms with Crippen molar-refractivity contribution in [2.75, 3.05) is 6.54 Å². The van der Waals surface area contributed by atoms with Gasteiger partial charge in [-0.05, 0) is 61.4 Å². The molecule has 1 nitrogen and oxygen atoms in total. The van der Waals surface area contributed by atoms with E-state index < -0.39 is 0 Å². The first kappa shape index (κ1) is 11.7. The van der Waals surface area contributed by atoms with E-state index in [2.05, 4.69) is 39.4 Å². The molecule has 2 aliphatic rings. The first-order valence-electron chi connectivity index (χ1n) is 6.84. The molecule has 1 atom stereocenters. The Balaban J connectivity index is 1.63. The molecule has 0 aromatic heterocycles. The van der Waals surface area contributed by atoms with Crippen LogP contribution >= 0.6 is 15.9 Å². The van der Waals surface area contributed by atoms with Crippen LogP contribution in [-0.4, -0.2) is 6.54 Å². The van der Waals surface area contributed by atoms with E-state index in [0.29, 0.717) is 6.04 Å². The van der Waals surface area contributed by atoms with Crippen LogP contribution in [0.1, 0.15) is 49.3 Å². The fraction of sp³-hybridized carbons (Fsp3) is 0.600. The van der Waals surface area contributed by atoms with Gasteiger partial charge in [-0.15, -0.1) is 0 Å². The number of benzene rings is 1. The average Bonchev–Trinajstić information content (AvgIpc) is 2.94. The van der Waals surface area contributed by atoms with Crippen LogP contribution in [0.4, 0.5) is 0 Å². The van der Waals surface area contributed by atoms with Gasteiger partial charge in [0.15, 0.2) is 0 Å². The predicted molar refractivity (Wildman–Crippen MR) is 75.2 cm³/mol. The number of fused-ring (bicyclic) bond motifs is 1. The fourth-order valence-corrected chi connectivity index (χ4v) is 3.73. The van der Waals surface area contributed by atoms with Gasteiger partial charge in [0.05, 0.1) is 0 Å². The zero-order valence-electron chi connectivity index (χ0n) is 10.2. The van der Waals surface area contributed by atoms with Crippen molar-refractivity contribution in [3.8, 4) is 0 Å². The van der Waals surface area contributed by atoms with Gasteiger partial charge in [0.1, 0.15) is 0 Å². The summed E-state index contributed by atoms with van der Waals surface area (Å²) < 4.78 is 1.22. The highest BCUT2D eigenvalue weighted by Gasteiger charge is 2.23. The van der Waals surface area contributed by atoms with Gasteiger partial charge in [-0.3, -0.25) is 0 Å². The minimum Gasteiger partial charge on any atom is -0.310 e. The zero-order valence-corrected chi connectivity index (χ0v) is 11.8. The maximum Gasteiger partial charge on any atom is 0.0326 e. The Morgan fingerprint density at radius 3 is 2.82 bits per heavy atom. The van der Waals surface area contributed by atoms with Crippen LogP contribution in [0.5, 0.6) is 0 Å². The van der Waals surface area contributed by atoms with Crippen molar-refractivity contribution in [2.24, 2.45) is 5.92 Å². The summed E-state index contributed by atoms with van der Waals surface area (Å²) in [4.78, 5) is 0. The first-order valence-corrected chi connectivity index (χ1v) is 7.64. The van der Waals surface area contributed by atoms with Crippen LogP contribution in [0.25, 0.3) is 0 Å². The van der Waals surface area contributed by atoms with E-state index in [-0.39, 0.29) is 0 Å². The third-order valence-electron chi connectivity index (χ3n) is 4.31. The Morgan fingerprint density at radius 2 is 2.00 bits per heavy atom. The molecule has 2 aliphatic carbocycles. The largest absolute Gasteiger partial charge is 0.310 e. The van der Waals surface area contributed by atoms with Gasteiger partial charge < -0.3 is 5.32 Å². The van der Waals surface area contributed by atoms with Crippen LogP contribution < -0.4 is 5.32 Å². The number of halogens is 1. The topological polar surface area (TPSA) is 12.0 Å². The molecule has 0 aliphatic heterocycles. The Labute approximate surface area is 112 Å². The first-order chi connectivity index (χ1) is 8.33. The molecule has 17 heavy (non-hydrogen) atoms. The highest BCUT2D eigenvalue weighted by Crippen LogP contribution is 2.33. The van der Waals surface area contributed by atoms with Crippen molar-refractivity contribution in [1.82, 2.24) is 5.32 Å². The molecule has 2 heteroatoms. The van der Waals surface area contributed by atoms with E-state index in [1.165, 1.54) is 60.7 Å². The van der Waals surface area contributed by atoms with Crippen LogP contribution in [-0.2, 0) is 6.42 Å². The van der Waals surface area contributed by atoms with E-state index in [1.807, 2.05) is 0 Å². The lowest BCUT2D eigenvalue weighted by molar-refractivity contribution is 0.436. The number of aryl methyl sites for hydroxylation is 1. The number of hydrogen-bond donors (Lipinski definition) is 1. The van der Waals surface area contributed by atoms with Crippen molar-refractivity contribution in [1.29, 1.82) is 0 Å². The van der Waals surface area contributed by atoms with Crippen molar-refractivity contribution in [2.45, 2.75) is 44.6 Å². The smallest absolute Gasteiger partial charge is 0.0326 e. The Hall–Kier alpha value is -0.340. The lowest BCUT2D eigenvalue weighted by Crippen LogP contribution is -2.24. The standard InChI is InChI=1S/C15H20BrN/c16-13-6-7-14-12(9-13)5-8-15(14)17-10-11-3-1-2-4-11/h6-7,9,11,15,17H,1-5,8,10H2. The maximum absolute atomic E-state index is 3.78. The summed E-state index contributed by atoms with van der Waals surface area (Å²) in [5, 5.41) is 3.78. The van der Waals surface area contributed by atoms with Crippen molar-refractivity contribution < 1.29 is 0 Å². The summed E-state index contributed by atoms with van der Waals surface area (Å²) in [6.45, 7) is 1.22. The van der Waals surface area contributed by atoms with Crippen molar-refractivity contribution in [3.63, 3.8) is 0 Å². The zero-order chi connectivity index (χ0) is 11.7. The lowest BCUT2D eigenvalue weighted by Gasteiger charge is -2.17. The summed E-state index contributed by atoms with van der Waals surface area (Å²) in [6.07, 6.45) is 8.27. The molecule has 0 heterocycles. The number of rotatable bonds is 3. The van der Waals surface area contributed by atoms with Gasteiger partial charge in [0, 0.05) is 10.5 Å². The molecule has 1 N–H and O–H groups in total. The molecule has 1 aromatic carbocycles. The summed E-state index contributed by atoms with van der Waals surface area (Å²) in [5.41, 5.74) is 3.06. The summed E-state index contributed by atoms with van der Waals surface area (Å²) in [7, 11) is 0. The maximum atomic E-state index is 3.78. The van der Waals surface area contributed by atoms with Crippen molar-refractivity contribution >= 4 is 15.9 Å². The molecule has 0 radical (unpaired) electrons. The monoisotopic (exact) mass is 293 g/mol. The van der Waals surface area contributed by atoms with Gasteiger partial charge in [0.2, 0.25) is 0 Å². The minimum atomic E-state index is 0.610. The molecule has 92 valence electrons. The van der Waals surface area contributed by atoms with E-state index in [0.717, 1.165) is 5.92 Å². The van der Waals surface area contributed by atoms with Crippen LogP contribution in [0, 0.1) is 5.92 Å². The third kappa shape index (κ3) is 2.58. The Bertz CT molecular complexity index is 396. The summed E-state index contributed by atoms with van der Waals surface area (Å²) >= 11 is 3.56. The molecule has 1 aromatic rings. The quantitative estimate of drug-likeness (QED) is 0.880. The van der Waals surface area contributed by atoms with Gasteiger partial charge in [-0.2, -0.15) is 0 Å². The molecule has 0 saturated heterocycles. The number of hydrogen-bond acceptors (Lipinski definition) is 1. The lowest BCUT2D eigenvalue weighted by atomic mass is 10.1. The highest BCUT2D eigenvalue weighted by atomic mass is 79.9. The van der Waals surface area contributed by atoms with Crippen molar-refractivity contribution in [3.05, 3.63) is 33.8 Å². The average molecular weight is 294 g/mol. The van der Waals surface area contributed by atoms with E-state index >= 15 is 0 Å². The molecule has 3 rings (SSSR count). The molecule has 0 amide bonds. The van der Waals surface area contributed by atoms with E-state index in [4.69, 9.17) is 0 Å². The second kappa shape index (κ2) is 5.11. The van der Waals surface area contributed by atoms with E-state index in [9.17, 15) is 0 Å². The fourth-order valence-electron chi connectivity index (χ4n) is 3.32. The molecule has 1 saturated carbocycles. The van der Waals surface area contributed by atoms with Gasteiger partial charge in [-0.25, -0.2) is 0 Å². The number of nitrogens with one attached hydrogen (secondary N) is 1. The van der Waals surface area contributed by atoms with Gasteiger partial charge >= 0.3 is 0 Å². The molecule has 1 fully saturated rings. The van der Waals surface area contributed by atoms with Crippen LogP contribution in [0.3, 0.4) is 0 Å². The predicted octanol–water partition coefficient (Wildman–Crippen LogP) is 4.22. The van der Waals surface area contributed by atoms with Crippen LogP contribution in [0.2, 0.25) is 0 Å². The molecule has 1 unspecified atom stereocenters. The summed E-state index contributed by atoms with van der Waals surface area (Å²) in [6, 6.07) is 7.36. The molecule has 0 spiro atoms. The second-order valence-corrected chi connectivity index (χ2v) is 6.41. The normalized spacial score (nSPS) is 24.2. The molecular weight excluding hydrogens is 274 g/mol. The third-order valence-corrected chi connectivity index (χ3v) is 4.80. The van der Waals surface area contributed by atoms with Gasteiger partial charge in [0.25, 0.3) is 0 Å². The molecular formula is C15H20BrN. The SMILES string of the molecule is Brc1ccc2c(c1)CCC2NCC1CCCC1. The van der Waals surface area contributed by atoms with Crippen LogP contribution in [0.15, 0.2) is 22.7 Å². The highest BCUT2D eigenvalue weighted by molar-refractivity contribution is 9.10. The Kier molecular flexibility index (Phi) is 3.53. The van der Waals surface area contributed by atoms with Gasteiger partial charge in [-0.1, -0.05) is 34.8 Å². The summed E-state index contributed by atoms with van der Waals surface area (Å²) in [5.74, 6) is 0.939. The second-order valence-electron chi connectivity index (χ2n) is 5.49. The molecule has 0 bridgehead atoms. The van der Waals surface area contributed by atoms with E-state index in [1.54, 1.807) is 0 Å². The minimum absolute atomic E-state index is 0.610. The Morgan fingerprint density at radius 1 is 1.18 bits per heavy atom.